The first-order valence-electron chi connectivity index (χ1n) is 4.92. The number of rotatable bonds is 1. The van der Waals surface area contributed by atoms with E-state index in [-0.39, 0.29) is 5.54 Å². The molecule has 0 aromatic rings. The summed E-state index contributed by atoms with van der Waals surface area (Å²) in [4.78, 5) is 3.70. The van der Waals surface area contributed by atoms with Crippen LogP contribution in [0.1, 0.15) is 12.8 Å². The van der Waals surface area contributed by atoms with Crippen molar-refractivity contribution in [3.63, 3.8) is 0 Å². The molecule has 0 atom stereocenters. The van der Waals surface area contributed by atoms with Crippen molar-refractivity contribution in [3.05, 3.63) is 0 Å². The molecule has 0 aromatic heterocycles. The zero-order valence-corrected chi connectivity index (χ0v) is 8.27. The average Bonchev–Trinajstić information content (AvgIpc) is 2.29. The minimum atomic E-state index is -4.05. The third kappa shape index (κ3) is 1.75. The number of nitrogens with zero attached hydrogens (tertiary/aromatic N) is 2. The first-order chi connectivity index (χ1) is 6.41. The van der Waals surface area contributed by atoms with E-state index in [4.69, 9.17) is 0 Å². The summed E-state index contributed by atoms with van der Waals surface area (Å²) in [6, 6.07) is 0. The highest BCUT2D eigenvalue weighted by molar-refractivity contribution is 5.06. The minimum absolute atomic E-state index is 0.149. The summed E-state index contributed by atoms with van der Waals surface area (Å²) in [5.41, 5.74) is -0.149. The van der Waals surface area contributed by atoms with Crippen LogP contribution in [0.2, 0.25) is 0 Å². The van der Waals surface area contributed by atoms with Gasteiger partial charge in [0.05, 0.1) is 6.54 Å². The van der Waals surface area contributed by atoms with E-state index in [1.54, 1.807) is 4.90 Å². The Balaban J connectivity index is 1.98. The van der Waals surface area contributed by atoms with E-state index in [0.717, 1.165) is 25.9 Å². The highest BCUT2D eigenvalue weighted by Gasteiger charge is 2.51. The molecule has 2 nitrogen and oxygen atoms in total. The molecule has 0 radical (unpaired) electrons. The SMILES string of the molecule is CN1CC2(CCCN2CC(F)(F)F)C1. The van der Waals surface area contributed by atoms with E-state index in [1.165, 1.54) is 0 Å². The zero-order valence-electron chi connectivity index (χ0n) is 8.27. The van der Waals surface area contributed by atoms with E-state index in [2.05, 4.69) is 4.90 Å². The van der Waals surface area contributed by atoms with Gasteiger partial charge in [-0.15, -0.1) is 0 Å². The smallest absolute Gasteiger partial charge is 0.303 e. The molecule has 0 unspecified atom stereocenters. The van der Waals surface area contributed by atoms with Crippen LogP contribution in [0, 0.1) is 0 Å². The van der Waals surface area contributed by atoms with Crippen LogP contribution in [0.5, 0.6) is 0 Å². The van der Waals surface area contributed by atoms with E-state index in [0.29, 0.717) is 6.54 Å². The predicted molar refractivity (Wildman–Crippen MR) is 47.1 cm³/mol. The summed E-state index contributed by atoms with van der Waals surface area (Å²) >= 11 is 0. The van der Waals surface area contributed by atoms with Crippen molar-refractivity contribution >= 4 is 0 Å². The molecular formula is C9H15F3N2. The maximum absolute atomic E-state index is 12.3. The van der Waals surface area contributed by atoms with Gasteiger partial charge in [0.2, 0.25) is 0 Å². The maximum Gasteiger partial charge on any atom is 0.401 e. The Hall–Kier alpha value is -0.290. The largest absolute Gasteiger partial charge is 0.401 e. The Labute approximate surface area is 81.7 Å². The molecule has 1 spiro atoms. The quantitative estimate of drug-likeness (QED) is 0.641. The molecule has 2 heterocycles. The number of alkyl halides is 3. The van der Waals surface area contributed by atoms with Crippen LogP contribution in [0.15, 0.2) is 0 Å². The van der Waals surface area contributed by atoms with Crippen molar-refractivity contribution < 1.29 is 13.2 Å². The van der Waals surface area contributed by atoms with Crippen LogP contribution >= 0.6 is 0 Å². The Morgan fingerprint density at radius 1 is 1.29 bits per heavy atom. The van der Waals surface area contributed by atoms with Gasteiger partial charge in [0, 0.05) is 18.6 Å². The second kappa shape index (κ2) is 3.10. The standard InChI is InChI=1S/C9H15F3N2/c1-13-5-8(6-13)3-2-4-14(8)7-9(10,11)12/h2-7H2,1H3. The fourth-order valence-corrected chi connectivity index (χ4v) is 2.77. The zero-order chi connectivity index (χ0) is 10.4. The monoisotopic (exact) mass is 208 g/mol. The molecule has 14 heavy (non-hydrogen) atoms. The molecule has 0 amide bonds. The maximum atomic E-state index is 12.3. The minimum Gasteiger partial charge on any atom is -0.303 e. The topological polar surface area (TPSA) is 6.48 Å². The summed E-state index contributed by atoms with van der Waals surface area (Å²) in [5.74, 6) is 0. The molecule has 0 N–H and O–H groups in total. The lowest BCUT2D eigenvalue weighted by Gasteiger charge is -2.51. The summed E-state index contributed by atoms with van der Waals surface area (Å²) < 4.78 is 36.8. The second-order valence-corrected chi connectivity index (χ2v) is 4.54. The van der Waals surface area contributed by atoms with Crippen LogP contribution in [-0.4, -0.2) is 54.7 Å². The summed E-state index contributed by atoms with van der Waals surface area (Å²) in [6.07, 6.45) is -2.22. The molecule has 0 aliphatic carbocycles. The predicted octanol–water partition coefficient (Wildman–Crippen LogP) is 1.33. The molecule has 82 valence electrons. The number of hydrogen-bond acceptors (Lipinski definition) is 2. The highest BCUT2D eigenvalue weighted by atomic mass is 19.4. The van der Waals surface area contributed by atoms with Crippen LogP contribution < -0.4 is 0 Å². The second-order valence-electron chi connectivity index (χ2n) is 4.54. The molecular weight excluding hydrogens is 193 g/mol. The van der Waals surface area contributed by atoms with Gasteiger partial charge in [-0.25, -0.2) is 0 Å². The fraction of sp³-hybridized carbons (Fsp3) is 1.00. The van der Waals surface area contributed by atoms with E-state index >= 15 is 0 Å². The van der Waals surface area contributed by atoms with Gasteiger partial charge in [0.15, 0.2) is 0 Å². The van der Waals surface area contributed by atoms with Gasteiger partial charge in [-0.3, -0.25) is 4.90 Å². The molecule has 2 fully saturated rings. The van der Waals surface area contributed by atoms with Gasteiger partial charge in [-0.2, -0.15) is 13.2 Å². The third-order valence-electron chi connectivity index (χ3n) is 3.24. The van der Waals surface area contributed by atoms with Crippen LogP contribution in [0.25, 0.3) is 0 Å². The van der Waals surface area contributed by atoms with Gasteiger partial charge in [0.25, 0.3) is 0 Å². The van der Waals surface area contributed by atoms with Gasteiger partial charge in [-0.05, 0) is 26.4 Å². The molecule has 0 aromatic carbocycles. The van der Waals surface area contributed by atoms with Crippen molar-refractivity contribution in [1.29, 1.82) is 0 Å². The Morgan fingerprint density at radius 2 is 1.93 bits per heavy atom. The van der Waals surface area contributed by atoms with Crippen molar-refractivity contribution in [3.8, 4) is 0 Å². The van der Waals surface area contributed by atoms with Crippen molar-refractivity contribution in [2.75, 3.05) is 33.2 Å². The number of hydrogen-bond donors (Lipinski definition) is 0. The Morgan fingerprint density at radius 3 is 2.43 bits per heavy atom. The molecule has 2 aliphatic heterocycles. The molecule has 2 aliphatic rings. The number of likely N-dealkylation sites (N-methyl/N-ethyl adjacent to an activating group) is 1. The summed E-state index contributed by atoms with van der Waals surface area (Å²) in [7, 11) is 1.95. The van der Waals surface area contributed by atoms with Gasteiger partial charge in [0.1, 0.15) is 0 Å². The van der Waals surface area contributed by atoms with Crippen LogP contribution in [-0.2, 0) is 0 Å². The number of likely N-dealkylation sites (tertiary alicyclic amines) is 2. The van der Waals surface area contributed by atoms with E-state index in [9.17, 15) is 13.2 Å². The summed E-state index contributed by atoms with van der Waals surface area (Å²) in [6.45, 7) is 1.46. The van der Waals surface area contributed by atoms with Crippen molar-refractivity contribution in [2.24, 2.45) is 0 Å². The normalized spacial score (nSPS) is 28.3. The van der Waals surface area contributed by atoms with Gasteiger partial charge < -0.3 is 4.90 Å². The van der Waals surface area contributed by atoms with Crippen molar-refractivity contribution in [2.45, 2.75) is 24.6 Å². The first-order valence-corrected chi connectivity index (χ1v) is 4.92. The van der Waals surface area contributed by atoms with Crippen LogP contribution in [0.3, 0.4) is 0 Å². The number of halogens is 3. The highest BCUT2D eigenvalue weighted by Crippen LogP contribution is 2.38. The lowest BCUT2D eigenvalue weighted by Crippen LogP contribution is -2.67. The van der Waals surface area contributed by atoms with Gasteiger partial charge >= 0.3 is 6.18 Å². The molecule has 0 saturated carbocycles. The molecule has 2 rings (SSSR count). The molecule has 5 heteroatoms. The first kappa shape index (κ1) is 10.2. The Kier molecular flexibility index (Phi) is 2.27. The lowest BCUT2D eigenvalue weighted by atomic mass is 9.87. The molecule has 2 saturated heterocycles. The lowest BCUT2D eigenvalue weighted by molar-refractivity contribution is -0.165. The fourth-order valence-electron chi connectivity index (χ4n) is 2.77. The van der Waals surface area contributed by atoms with E-state index < -0.39 is 12.7 Å². The third-order valence-corrected chi connectivity index (χ3v) is 3.24. The van der Waals surface area contributed by atoms with Crippen molar-refractivity contribution in [1.82, 2.24) is 9.80 Å². The summed E-state index contributed by atoms with van der Waals surface area (Å²) in [5, 5.41) is 0. The molecule has 0 bridgehead atoms. The van der Waals surface area contributed by atoms with Gasteiger partial charge in [-0.1, -0.05) is 0 Å². The Bertz CT molecular complexity index is 221. The average molecular weight is 208 g/mol. The van der Waals surface area contributed by atoms with Crippen LogP contribution in [0.4, 0.5) is 13.2 Å². The van der Waals surface area contributed by atoms with E-state index in [1.807, 2.05) is 7.05 Å².